The molecule has 0 saturated carbocycles. The first-order chi connectivity index (χ1) is 12.1. The molecule has 0 aromatic rings. The molecule has 0 unspecified atom stereocenters. The first-order valence-corrected chi connectivity index (χ1v) is 23.8. The van der Waals surface area contributed by atoms with Crippen LogP contribution in [0.5, 0.6) is 0 Å². The Labute approximate surface area is 168 Å². The minimum absolute atomic E-state index is 0.747. The molecule has 0 spiro atoms. The molecule has 0 atom stereocenters. The van der Waals surface area contributed by atoms with E-state index in [0.29, 0.717) is 0 Å². The van der Waals surface area contributed by atoms with Crippen LogP contribution in [0, 0.1) is 0 Å². The van der Waals surface area contributed by atoms with E-state index in [1.165, 1.54) is 64.7 Å². The summed E-state index contributed by atoms with van der Waals surface area (Å²) in [6.45, 7) is 14.9. The van der Waals surface area contributed by atoms with Crippen molar-refractivity contribution in [2.45, 2.75) is 111 Å². The fourth-order valence-corrected chi connectivity index (χ4v) is 46.1. The van der Waals surface area contributed by atoms with Crippen molar-refractivity contribution in [2.24, 2.45) is 0 Å². The summed E-state index contributed by atoms with van der Waals surface area (Å²) in [5.41, 5.74) is 0. The topological polar surface area (TPSA) is 27.7 Å². The van der Waals surface area contributed by atoms with Crippen LogP contribution in [0.1, 0.15) is 92.9 Å². The average Bonchev–Trinajstić information content (AvgIpc) is 2.61. The molecule has 0 amide bonds. The van der Waals surface area contributed by atoms with Gasteiger partial charge in [-0.25, -0.2) is 0 Å². The van der Waals surface area contributed by atoms with Gasteiger partial charge in [0.2, 0.25) is 0 Å². The third kappa shape index (κ3) is 11.2. The molecule has 25 heavy (non-hydrogen) atoms. The summed E-state index contributed by atoms with van der Waals surface area (Å²) in [4.78, 5) is 0. The van der Waals surface area contributed by atoms with Crippen LogP contribution >= 0.6 is 0 Å². The Morgan fingerprint density at radius 3 is 1.20 bits per heavy atom. The molecule has 0 rings (SSSR count). The Balaban J connectivity index is 5.52. The Morgan fingerprint density at radius 1 is 0.520 bits per heavy atom. The second-order valence-corrected chi connectivity index (χ2v) is 29.7. The number of unbranched alkanes of at least 4 members (excludes halogenated alkanes) is 4. The summed E-state index contributed by atoms with van der Waals surface area (Å²) >= 11 is -6.07. The van der Waals surface area contributed by atoms with Crippen molar-refractivity contribution >= 4 is 38.4 Å². The summed E-state index contributed by atoms with van der Waals surface area (Å²) in [5, 5.41) is 0. The molecule has 152 valence electrons. The van der Waals surface area contributed by atoms with Crippen molar-refractivity contribution in [3.63, 3.8) is 0 Å². The molecule has 5 heteroatoms. The molecule has 0 aromatic heterocycles. The van der Waals surface area contributed by atoms with Crippen molar-refractivity contribution in [2.75, 3.05) is 13.2 Å². The van der Waals surface area contributed by atoms with E-state index in [1.54, 1.807) is 0 Å². The van der Waals surface area contributed by atoms with Crippen LogP contribution in [0.2, 0.25) is 17.7 Å². The summed E-state index contributed by atoms with van der Waals surface area (Å²) in [5.74, 6) is 0. The van der Waals surface area contributed by atoms with Gasteiger partial charge in [-0.05, 0) is 0 Å². The van der Waals surface area contributed by atoms with Crippen LogP contribution in [-0.4, -0.2) is 51.6 Å². The second-order valence-electron chi connectivity index (χ2n) is 7.25. The molecule has 0 N–H and O–H groups in total. The molecule has 0 bridgehead atoms. The van der Waals surface area contributed by atoms with Crippen molar-refractivity contribution in [3.8, 4) is 0 Å². The van der Waals surface area contributed by atoms with Crippen LogP contribution in [-0.2, 0) is 7.56 Å². The Bertz CT molecular complexity index is 273. The summed E-state index contributed by atoms with van der Waals surface area (Å²) in [6, 6.07) is 0. The van der Waals surface area contributed by atoms with Crippen molar-refractivity contribution in [3.05, 3.63) is 0 Å². The zero-order chi connectivity index (χ0) is 19.0. The van der Waals surface area contributed by atoms with Crippen molar-refractivity contribution in [1.29, 1.82) is 0 Å². The molecule has 0 saturated heterocycles. The molecular formula is C20H46O3Sn2. The third-order valence-corrected chi connectivity index (χ3v) is 39.0. The van der Waals surface area contributed by atoms with Gasteiger partial charge in [-0.15, -0.1) is 0 Å². The quantitative estimate of drug-likeness (QED) is 0.163. The van der Waals surface area contributed by atoms with Gasteiger partial charge >= 0.3 is 170 Å². The van der Waals surface area contributed by atoms with Gasteiger partial charge in [-0.3, -0.25) is 0 Å². The van der Waals surface area contributed by atoms with E-state index < -0.39 is 38.4 Å². The molecule has 0 aliphatic carbocycles. The molecule has 3 nitrogen and oxygen atoms in total. The normalized spacial score (nSPS) is 12.7. The number of hydrogen-bond acceptors (Lipinski definition) is 3. The molecule has 0 aromatic carbocycles. The Morgan fingerprint density at radius 2 is 0.880 bits per heavy atom. The van der Waals surface area contributed by atoms with E-state index in [0.717, 1.165) is 17.7 Å². The molecular weight excluding hydrogens is 526 g/mol. The fraction of sp³-hybridized carbons (Fsp3) is 1.00. The van der Waals surface area contributed by atoms with Gasteiger partial charge in [0.15, 0.2) is 0 Å². The molecule has 0 aliphatic rings. The molecule has 0 fully saturated rings. The standard InChI is InChI=1S/4C4H9.2C2H5O.O.2Sn/c4*1-3-4-2;2*1-2-3;;;/h4*1,3-4H2,2H3;2*2H2,1H3;;;/q;;;;2*-1;;;+2. The first kappa shape index (κ1) is 26.5. The van der Waals surface area contributed by atoms with Crippen molar-refractivity contribution < 1.29 is 7.56 Å². The van der Waals surface area contributed by atoms with E-state index in [4.69, 9.17) is 7.56 Å². The van der Waals surface area contributed by atoms with Gasteiger partial charge in [-0.2, -0.15) is 0 Å². The fourth-order valence-electron chi connectivity index (χ4n) is 3.48. The summed E-state index contributed by atoms with van der Waals surface area (Å²) < 4.78 is 25.3. The third-order valence-electron chi connectivity index (χ3n) is 4.89. The zero-order valence-corrected chi connectivity index (χ0v) is 23.8. The summed E-state index contributed by atoms with van der Waals surface area (Å²) in [7, 11) is 0. The molecule has 0 heterocycles. The van der Waals surface area contributed by atoms with Crippen LogP contribution in [0.3, 0.4) is 0 Å². The maximum absolute atomic E-state index is 7.29. The van der Waals surface area contributed by atoms with Gasteiger partial charge in [0.1, 0.15) is 0 Å². The average molecular weight is 572 g/mol. The van der Waals surface area contributed by atoms with E-state index in [1.807, 2.05) is 0 Å². The predicted octanol–water partition coefficient (Wildman–Crippen LogP) is 7.16. The Hall–Kier alpha value is 1.48. The second kappa shape index (κ2) is 16.4. The maximum atomic E-state index is 7.29. The molecule has 0 radical (unpaired) electrons. The number of rotatable bonds is 18. The van der Waals surface area contributed by atoms with Gasteiger partial charge in [0, 0.05) is 0 Å². The van der Waals surface area contributed by atoms with E-state index in [2.05, 4.69) is 41.5 Å². The Kier molecular flexibility index (Phi) is 17.4. The van der Waals surface area contributed by atoms with Crippen molar-refractivity contribution in [1.82, 2.24) is 0 Å². The SMILES string of the molecule is CCC[CH2][Sn]([CH2]CCC)([CH2]CCC)[O][Sn]([CH2]CCC)([O]CC)[O]CC. The predicted molar refractivity (Wildman–Crippen MR) is 115 cm³/mol. The van der Waals surface area contributed by atoms with Crippen LogP contribution in [0.4, 0.5) is 0 Å². The van der Waals surface area contributed by atoms with Crippen LogP contribution < -0.4 is 0 Å². The van der Waals surface area contributed by atoms with E-state index >= 15 is 0 Å². The zero-order valence-electron chi connectivity index (χ0n) is 18.1. The molecule has 0 aliphatic heterocycles. The minimum atomic E-state index is -3.40. The van der Waals surface area contributed by atoms with Gasteiger partial charge in [0.05, 0.1) is 0 Å². The van der Waals surface area contributed by atoms with E-state index in [9.17, 15) is 0 Å². The first-order valence-electron chi connectivity index (χ1n) is 11.1. The number of hydrogen-bond donors (Lipinski definition) is 0. The van der Waals surface area contributed by atoms with Gasteiger partial charge < -0.3 is 0 Å². The van der Waals surface area contributed by atoms with E-state index in [-0.39, 0.29) is 0 Å². The van der Waals surface area contributed by atoms with Gasteiger partial charge in [0.25, 0.3) is 0 Å². The summed E-state index contributed by atoms with van der Waals surface area (Å²) in [6.07, 6.45) is 10.2. The van der Waals surface area contributed by atoms with Gasteiger partial charge in [-0.1, -0.05) is 0 Å². The van der Waals surface area contributed by atoms with Crippen LogP contribution in [0.25, 0.3) is 0 Å². The van der Waals surface area contributed by atoms with Crippen LogP contribution in [0.15, 0.2) is 0 Å². The monoisotopic (exact) mass is 574 g/mol.